The van der Waals surface area contributed by atoms with Gasteiger partial charge in [-0.15, -0.1) is 0 Å². The number of hydrogen-bond acceptors (Lipinski definition) is 4. The van der Waals surface area contributed by atoms with Crippen LogP contribution in [-0.2, 0) is 11.3 Å². The van der Waals surface area contributed by atoms with Gasteiger partial charge in [0.1, 0.15) is 0 Å². The minimum atomic E-state index is -0.550. The summed E-state index contributed by atoms with van der Waals surface area (Å²) in [5.74, 6) is 0. The first-order chi connectivity index (χ1) is 10.1. The zero-order valence-corrected chi connectivity index (χ0v) is 13.8. The van der Waals surface area contributed by atoms with Gasteiger partial charge in [0.05, 0.1) is 22.8 Å². The number of rotatable bonds is 10. The van der Waals surface area contributed by atoms with E-state index < -0.39 is 6.10 Å². The summed E-state index contributed by atoms with van der Waals surface area (Å²) in [5.41, 5.74) is 1.02. The fourth-order valence-corrected chi connectivity index (χ4v) is 2.35. The van der Waals surface area contributed by atoms with E-state index in [2.05, 4.69) is 4.90 Å². The maximum atomic E-state index is 9.95. The van der Waals surface area contributed by atoms with E-state index in [1.165, 1.54) is 0 Å². The standard InChI is InChI=1S/C15H23Cl2NO3/c1-2-21-11-13(20)10-18(6-3-7-19)9-12-4-5-14(16)15(17)8-12/h4-5,8,13,19-20H,2-3,6-7,9-11H2,1H3. The molecular weight excluding hydrogens is 313 g/mol. The second-order valence-electron chi connectivity index (χ2n) is 4.87. The topological polar surface area (TPSA) is 52.9 Å². The van der Waals surface area contributed by atoms with Crippen molar-refractivity contribution in [3.05, 3.63) is 33.8 Å². The van der Waals surface area contributed by atoms with E-state index in [0.29, 0.717) is 49.3 Å². The monoisotopic (exact) mass is 335 g/mol. The molecule has 4 nitrogen and oxygen atoms in total. The molecule has 0 aromatic heterocycles. The van der Waals surface area contributed by atoms with Gasteiger partial charge in [0.2, 0.25) is 0 Å². The van der Waals surface area contributed by atoms with Crippen LogP contribution in [0.15, 0.2) is 18.2 Å². The van der Waals surface area contributed by atoms with Gasteiger partial charge in [0, 0.05) is 32.8 Å². The molecule has 6 heteroatoms. The van der Waals surface area contributed by atoms with Crippen molar-refractivity contribution in [1.29, 1.82) is 0 Å². The van der Waals surface area contributed by atoms with E-state index in [1.807, 2.05) is 19.1 Å². The van der Waals surface area contributed by atoms with Crippen molar-refractivity contribution >= 4 is 23.2 Å². The van der Waals surface area contributed by atoms with Gasteiger partial charge < -0.3 is 14.9 Å². The first-order valence-electron chi connectivity index (χ1n) is 7.09. The molecule has 1 aromatic carbocycles. The minimum absolute atomic E-state index is 0.124. The van der Waals surface area contributed by atoms with Crippen LogP contribution in [-0.4, -0.2) is 54.1 Å². The van der Waals surface area contributed by atoms with Crippen LogP contribution in [0.25, 0.3) is 0 Å². The molecule has 0 fully saturated rings. The fraction of sp³-hybridized carbons (Fsp3) is 0.600. The summed E-state index contributed by atoms with van der Waals surface area (Å²) in [7, 11) is 0. The molecule has 0 saturated heterocycles. The Morgan fingerprint density at radius 1 is 1.29 bits per heavy atom. The van der Waals surface area contributed by atoms with Gasteiger partial charge in [0.15, 0.2) is 0 Å². The first kappa shape index (κ1) is 18.7. The molecule has 0 aliphatic rings. The third-order valence-corrected chi connectivity index (χ3v) is 3.74. The number of aliphatic hydroxyl groups is 2. The average molecular weight is 336 g/mol. The van der Waals surface area contributed by atoms with Crippen LogP contribution in [0.5, 0.6) is 0 Å². The summed E-state index contributed by atoms with van der Waals surface area (Å²) >= 11 is 11.9. The zero-order chi connectivity index (χ0) is 15.7. The van der Waals surface area contributed by atoms with Gasteiger partial charge in [-0.2, -0.15) is 0 Å². The van der Waals surface area contributed by atoms with Crippen LogP contribution >= 0.6 is 23.2 Å². The molecule has 0 heterocycles. The van der Waals surface area contributed by atoms with Crippen LogP contribution in [0.3, 0.4) is 0 Å². The van der Waals surface area contributed by atoms with E-state index in [1.54, 1.807) is 6.07 Å². The fourth-order valence-electron chi connectivity index (χ4n) is 2.03. The lowest BCUT2D eigenvalue weighted by molar-refractivity contribution is 0.0186. The maximum Gasteiger partial charge on any atom is 0.0900 e. The largest absolute Gasteiger partial charge is 0.396 e. The number of aliphatic hydroxyl groups excluding tert-OH is 2. The van der Waals surface area contributed by atoms with E-state index in [-0.39, 0.29) is 6.61 Å². The Balaban J connectivity index is 2.61. The predicted octanol–water partition coefficient (Wildman–Crippen LogP) is 2.58. The van der Waals surface area contributed by atoms with Gasteiger partial charge in [0.25, 0.3) is 0 Å². The van der Waals surface area contributed by atoms with Gasteiger partial charge in [-0.25, -0.2) is 0 Å². The lowest BCUT2D eigenvalue weighted by Gasteiger charge is -2.25. The van der Waals surface area contributed by atoms with Gasteiger partial charge in [-0.3, -0.25) is 4.90 Å². The van der Waals surface area contributed by atoms with E-state index in [4.69, 9.17) is 33.0 Å². The number of ether oxygens (including phenoxy) is 1. The molecular formula is C15H23Cl2NO3. The SMILES string of the molecule is CCOCC(O)CN(CCCO)Cc1ccc(Cl)c(Cl)c1. The van der Waals surface area contributed by atoms with Crippen molar-refractivity contribution in [3.8, 4) is 0 Å². The molecule has 0 saturated carbocycles. The van der Waals surface area contributed by atoms with Crippen LogP contribution in [0.1, 0.15) is 18.9 Å². The van der Waals surface area contributed by atoms with Crippen molar-refractivity contribution in [2.24, 2.45) is 0 Å². The lowest BCUT2D eigenvalue weighted by atomic mass is 10.2. The molecule has 0 bridgehead atoms. The second kappa shape index (κ2) is 10.4. The Hall–Kier alpha value is -0.360. The third kappa shape index (κ3) is 7.45. The lowest BCUT2D eigenvalue weighted by Crippen LogP contribution is -2.35. The van der Waals surface area contributed by atoms with E-state index in [9.17, 15) is 5.11 Å². The molecule has 0 spiro atoms. The molecule has 0 radical (unpaired) electrons. The second-order valence-corrected chi connectivity index (χ2v) is 5.69. The quantitative estimate of drug-likeness (QED) is 0.690. The zero-order valence-electron chi connectivity index (χ0n) is 12.3. The molecule has 120 valence electrons. The van der Waals surface area contributed by atoms with E-state index in [0.717, 1.165) is 5.56 Å². The number of halogens is 2. The summed E-state index contributed by atoms with van der Waals surface area (Å²) in [6.45, 7) is 4.74. The molecule has 2 N–H and O–H groups in total. The smallest absolute Gasteiger partial charge is 0.0900 e. The van der Waals surface area contributed by atoms with Crippen molar-refractivity contribution in [2.45, 2.75) is 26.0 Å². The van der Waals surface area contributed by atoms with Crippen molar-refractivity contribution < 1.29 is 14.9 Å². The summed E-state index contributed by atoms with van der Waals surface area (Å²) in [4.78, 5) is 2.07. The Labute approximate surface area is 136 Å². The summed E-state index contributed by atoms with van der Waals surface area (Å²) in [6, 6.07) is 5.50. The Morgan fingerprint density at radius 3 is 2.67 bits per heavy atom. The predicted molar refractivity (Wildman–Crippen MR) is 85.9 cm³/mol. The van der Waals surface area contributed by atoms with Crippen molar-refractivity contribution in [1.82, 2.24) is 4.90 Å². The van der Waals surface area contributed by atoms with Crippen LogP contribution < -0.4 is 0 Å². The highest BCUT2D eigenvalue weighted by molar-refractivity contribution is 6.42. The van der Waals surface area contributed by atoms with E-state index >= 15 is 0 Å². The van der Waals surface area contributed by atoms with Crippen molar-refractivity contribution in [2.75, 3.05) is 32.9 Å². The highest BCUT2D eigenvalue weighted by Crippen LogP contribution is 2.23. The highest BCUT2D eigenvalue weighted by atomic mass is 35.5. The molecule has 1 unspecified atom stereocenters. The molecule has 0 amide bonds. The minimum Gasteiger partial charge on any atom is -0.396 e. The molecule has 0 aliphatic heterocycles. The number of hydrogen-bond donors (Lipinski definition) is 2. The van der Waals surface area contributed by atoms with Crippen molar-refractivity contribution in [3.63, 3.8) is 0 Å². The van der Waals surface area contributed by atoms with Gasteiger partial charge in [-0.1, -0.05) is 29.3 Å². The van der Waals surface area contributed by atoms with Crippen LogP contribution in [0.2, 0.25) is 10.0 Å². The Kier molecular flexibility index (Phi) is 9.24. The molecule has 0 aliphatic carbocycles. The van der Waals surface area contributed by atoms with Gasteiger partial charge >= 0.3 is 0 Å². The van der Waals surface area contributed by atoms with Crippen LogP contribution in [0.4, 0.5) is 0 Å². The Morgan fingerprint density at radius 2 is 2.05 bits per heavy atom. The average Bonchev–Trinajstić information content (AvgIpc) is 2.46. The molecule has 21 heavy (non-hydrogen) atoms. The highest BCUT2D eigenvalue weighted by Gasteiger charge is 2.13. The summed E-state index contributed by atoms with van der Waals surface area (Å²) < 4.78 is 5.22. The van der Waals surface area contributed by atoms with Gasteiger partial charge in [-0.05, 0) is 31.0 Å². The normalized spacial score (nSPS) is 12.9. The third-order valence-electron chi connectivity index (χ3n) is 3.01. The van der Waals surface area contributed by atoms with Crippen LogP contribution in [0, 0.1) is 0 Å². The molecule has 1 atom stereocenters. The summed E-state index contributed by atoms with van der Waals surface area (Å²) in [6.07, 6.45) is 0.106. The molecule has 1 rings (SSSR count). The Bertz CT molecular complexity index is 418. The number of nitrogens with zero attached hydrogens (tertiary/aromatic N) is 1. The summed E-state index contributed by atoms with van der Waals surface area (Å²) in [5, 5.41) is 20.0. The molecule has 1 aromatic rings. The maximum absolute atomic E-state index is 9.95. The first-order valence-corrected chi connectivity index (χ1v) is 7.85. The number of benzene rings is 1.